The van der Waals surface area contributed by atoms with Crippen molar-refractivity contribution in [3.8, 4) is 0 Å². The summed E-state index contributed by atoms with van der Waals surface area (Å²) in [5.74, 6) is 0. The van der Waals surface area contributed by atoms with Crippen LogP contribution in [0.25, 0.3) is 0 Å². The maximum absolute atomic E-state index is 9.74. The zero-order chi connectivity index (χ0) is 5.98. The second kappa shape index (κ2) is 2.32. The molecule has 0 aromatic carbocycles. The van der Waals surface area contributed by atoms with E-state index < -0.39 is 0 Å². The largest absolute Gasteiger partial charge is 0.305 e. The second-order valence-corrected chi connectivity index (χ2v) is 3.44. The fourth-order valence-electron chi connectivity index (χ4n) is 0.314. The number of hydrogen-bond donors (Lipinski definition) is 0. The highest BCUT2D eigenvalue weighted by Crippen LogP contribution is 2.21. The first-order valence-corrected chi connectivity index (χ1v) is 3.44. The molecule has 3 nitrogen and oxygen atoms in total. The molecule has 0 fully saturated rings. The Morgan fingerprint density at radius 3 is 2.88 bits per heavy atom. The van der Waals surface area contributed by atoms with Gasteiger partial charge >= 0.3 is 3.92 Å². The number of H-pyrrole nitrogens is 1. The minimum atomic E-state index is 0.455. The number of nitrogens with zero attached hydrogens (tertiary/aromatic N) is 1. The van der Waals surface area contributed by atoms with E-state index >= 15 is 0 Å². The van der Waals surface area contributed by atoms with E-state index in [4.69, 9.17) is 0 Å². The topological polar surface area (TPSA) is 43.6 Å². The molecule has 1 aromatic heterocycles. The van der Waals surface area contributed by atoms with Crippen LogP contribution in [0.3, 0.4) is 0 Å². The molecule has 0 amide bonds. The van der Waals surface area contributed by atoms with Crippen molar-refractivity contribution in [2.45, 2.75) is 0 Å². The normalized spacial score (nSPS) is 9.12. The van der Waals surface area contributed by atoms with Gasteiger partial charge in [0.2, 0.25) is 11.2 Å². The predicted octanol–water partition coefficient (Wildman–Crippen LogP) is 1.72. The van der Waals surface area contributed by atoms with E-state index in [2.05, 4.69) is 26.1 Å². The summed E-state index contributed by atoms with van der Waals surface area (Å²) in [6.45, 7) is 0. The van der Waals surface area contributed by atoms with Gasteiger partial charge in [0.1, 0.15) is 0 Å². The Balaban J connectivity index is 3.00. The van der Waals surface area contributed by atoms with Gasteiger partial charge in [0.25, 0.3) is 0 Å². The third-order valence-corrected chi connectivity index (χ3v) is 2.01. The summed E-state index contributed by atoms with van der Waals surface area (Å²) < 4.78 is 0.812. The first-order chi connectivity index (χ1) is 3.83. The minimum Gasteiger partial charge on any atom is -0.194 e. The monoisotopic (exact) mass is 193 g/mol. The molecule has 0 aliphatic heterocycles. The molecule has 0 saturated heterocycles. The third-order valence-electron chi connectivity index (χ3n) is 0.593. The molecule has 0 bridgehead atoms. The highest BCUT2D eigenvalue weighted by atomic mass is 79.9. The lowest BCUT2D eigenvalue weighted by atomic mass is 10.9. The standard InChI is InChI=1S/C3HBrN2OS/c4-3-5-1-2(6-7)8-3/h1H/p+1. The van der Waals surface area contributed by atoms with Crippen LogP contribution in [0.1, 0.15) is 0 Å². The molecule has 1 heterocycles. The van der Waals surface area contributed by atoms with Crippen molar-refractivity contribution in [1.82, 2.24) is 0 Å². The van der Waals surface area contributed by atoms with E-state index in [9.17, 15) is 4.91 Å². The first-order valence-electron chi connectivity index (χ1n) is 1.83. The molecule has 1 aromatic rings. The molecule has 0 radical (unpaired) electrons. The van der Waals surface area contributed by atoms with Crippen molar-refractivity contribution in [1.29, 1.82) is 0 Å². The van der Waals surface area contributed by atoms with Crippen LogP contribution in [0.5, 0.6) is 0 Å². The zero-order valence-corrected chi connectivity index (χ0v) is 6.12. The summed E-state index contributed by atoms with van der Waals surface area (Å²) in [5.41, 5.74) is 0. The van der Waals surface area contributed by atoms with Gasteiger partial charge < -0.3 is 0 Å². The summed E-state index contributed by atoms with van der Waals surface area (Å²) >= 11 is 4.41. The molecule has 8 heavy (non-hydrogen) atoms. The number of hydrogen-bond acceptors (Lipinski definition) is 3. The van der Waals surface area contributed by atoms with Crippen LogP contribution >= 0.6 is 27.3 Å². The van der Waals surface area contributed by atoms with Crippen LogP contribution in [0, 0.1) is 4.91 Å². The van der Waals surface area contributed by atoms with Crippen LogP contribution in [-0.4, -0.2) is 0 Å². The summed E-state index contributed by atoms with van der Waals surface area (Å²) in [7, 11) is 0. The SMILES string of the molecule is O=Nc1c[nH+]c(Br)s1. The molecule has 0 aliphatic rings. The lowest BCUT2D eigenvalue weighted by Gasteiger charge is -1.59. The van der Waals surface area contributed by atoms with Crippen molar-refractivity contribution < 1.29 is 4.98 Å². The fraction of sp³-hybridized carbons (Fsp3) is 0. The first kappa shape index (κ1) is 5.84. The number of nitrogens with one attached hydrogen (secondary N) is 1. The third kappa shape index (κ3) is 1.10. The molecule has 1 N–H and O–H groups in total. The maximum atomic E-state index is 9.74. The van der Waals surface area contributed by atoms with Crippen LogP contribution < -0.4 is 4.98 Å². The number of thiazole rings is 1. The molecule has 0 spiro atoms. The van der Waals surface area contributed by atoms with Gasteiger partial charge in [-0.25, -0.2) is 0 Å². The summed E-state index contributed by atoms with van der Waals surface area (Å²) in [4.78, 5) is 12.5. The molecule has 0 saturated carbocycles. The van der Waals surface area contributed by atoms with Crippen molar-refractivity contribution in [3.05, 3.63) is 15.0 Å². The minimum absolute atomic E-state index is 0.455. The lowest BCUT2D eigenvalue weighted by Crippen LogP contribution is -1.91. The molecule has 0 aliphatic carbocycles. The fourth-order valence-corrected chi connectivity index (χ4v) is 1.38. The van der Waals surface area contributed by atoms with E-state index in [1.165, 1.54) is 11.3 Å². The molecule has 0 unspecified atom stereocenters. The van der Waals surface area contributed by atoms with E-state index in [0.29, 0.717) is 5.00 Å². The summed E-state index contributed by atoms with van der Waals surface area (Å²) in [6, 6.07) is 0. The Bertz CT molecular complexity index is 199. The van der Waals surface area contributed by atoms with E-state index in [-0.39, 0.29) is 0 Å². The molecule has 0 atom stereocenters. The quantitative estimate of drug-likeness (QED) is 0.627. The number of halogens is 1. The highest BCUT2D eigenvalue weighted by molar-refractivity contribution is 9.11. The number of aromatic amines is 1. The van der Waals surface area contributed by atoms with Gasteiger partial charge in [0.05, 0.1) is 0 Å². The summed E-state index contributed by atoms with van der Waals surface area (Å²) in [5, 5.41) is 3.15. The van der Waals surface area contributed by atoms with Crippen molar-refractivity contribution >= 4 is 32.3 Å². The Morgan fingerprint density at radius 2 is 2.62 bits per heavy atom. The zero-order valence-electron chi connectivity index (χ0n) is 3.72. The van der Waals surface area contributed by atoms with Gasteiger partial charge in [-0.1, -0.05) is 0 Å². The van der Waals surface area contributed by atoms with Crippen LogP contribution in [0.4, 0.5) is 5.00 Å². The van der Waals surface area contributed by atoms with Crippen molar-refractivity contribution in [2.75, 3.05) is 0 Å². The predicted molar refractivity (Wildman–Crippen MR) is 34.0 cm³/mol. The van der Waals surface area contributed by atoms with Crippen LogP contribution in [0.15, 0.2) is 15.3 Å². The van der Waals surface area contributed by atoms with E-state index in [1.807, 2.05) is 0 Å². The van der Waals surface area contributed by atoms with Gasteiger partial charge in [-0.3, -0.25) is 0 Å². The van der Waals surface area contributed by atoms with Gasteiger partial charge in [-0.2, -0.15) is 4.98 Å². The summed E-state index contributed by atoms with van der Waals surface area (Å²) in [6.07, 6.45) is 1.54. The number of nitroso groups, excluding NO2 is 1. The number of rotatable bonds is 1. The van der Waals surface area contributed by atoms with Gasteiger partial charge in [-0.05, 0) is 16.5 Å². The highest BCUT2D eigenvalue weighted by Gasteiger charge is 2.02. The smallest absolute Gasteiger partial charge is 0.194 e. The maximum Gasteiger partial charge on any atom is 0.305 e. The van der Waals surface area contributed by atoms with Gasteiger partial charge in [0.15, 0.2) is 0 Å². The molecular weight excluding hydrogens is 192 g/mol. The lowest BCUT2D eigenvalue weighted by molar-refractivity contribution is -0.383. The van der Waals surface area contributed by atoms with Crippen LogP contribution in [-0.2, 0) is 0 Å². The Hall–Kier alpha value is -0.290. The Kier molecular flexibility index (Phi) is 1.69. The average molecular weight is 194 g/mol. The van der Waals surface area contributed by atoms with Gasteiger partial charge in [-0.15, -0.1) is 4.91 Å². The molecule has 5 heteroatoms. The number of aromatic nitrogens is 1. The van der Waals surface area contributed by atoms with Crippen molar-refractivity contribution in [2.24, 2.45) is 5.18 Å². The van der Waals surface area contributed by atoms with E-state index in [1.54, 1.807) is 6.20 Å². The molecular formula is C3H2BrN2OS+. The van der Waals surface area contributed by atoms with Gasteiger partial charge in [0, 0.05) is 15.9 Å². The molecule has 42 valence electrons. The Morgan fingerprint density at radius 1 is 1.88 bits per heavy atom. The Labute approximate surface area is 57.9 Å². The van der Waals surface area contributed by atoms with Crippen LogP contribution in [0.2, 0.25) is 0 Å². The second-order valence-electron chi connectivity index (χ2n) is 1.09. The molecule has 1 rings (SSSR count). The average Bonchev–Trinajstić information content (AvgIpc) is 2.14. The van der Waals surface area contributed by atoms with Crippen molar-refractivity contribution in [3.63, 3.8) is 0 Å². The van der Waals surface area contributed by atoms with E-state index in [0.717, 1.165) is 3.92 Å².